The number of benzene rings is 2. The van der Waals surface area contributed by atoms with Crippen LogP contribution in [0.15, 0.2) is 42.5 Å². The number of rotatable bonds is 7. The Morgan fingerprint density at radius 1 is 1.00 bits per heavy atom. The number of hydrogen-bond donors (Lipinski definition) is 1. The van der Waals surface area contributed by atoms with Crippen molar-refractivity contribution in [3.63, 3.8) is 0 Å². The predicted molar refractivity (Wildman–Crippen MR) is 114 cm³/mol. The lowest BCUT2D eigenvalue weighted by Gasteiger charge is -2.33. The molecule has 0 atom stereocenters. The summed E-state index contributed by atoms with van der Waals surface area (Å²) in [6.45, 7) is 11.9. The zero-order valence-electron chi connectivity index (χ0n) is 16.7. The largest absolute Gasteiger partial charge is 0.488 e. The van der Waals surface area contributed by atoms with Crippen LogP contribution in [0.1, 0.15) is 52.2 Å². The van der Waals surface area contributed by atoms with Gasteiger partial charge in [-0.2, -0.15) is 0 Å². The van der Waals surface area contributed by atoms with Gasteiger partial charge in [-0.05, 0) is 49.9 Å². The van der Waals surface area contributed by atoms with E-state index in [0.29, 0.717) is 17.1 Å². The van der Waals surface area contributed by atoms with E-state index in [-0.39, 0.29) is 35.8 Å². The Balaban J connectivity index is 0.00000364. The summed E-state index contributed by atoms with van der Waals surface area (Å²) in [5, 5.41) is 4.26. The van der Waals surface area contributed by atoms with Crippen molar-refractivity contribution in [2.75, 3.05) is 0 Å². The molecule has 0 aliphatic carbocycles. The van der Waals surface area contributed by atoms with Crippen LogP contribution in [0.2, 0.25) is 5.02 Å². The molecule has 0 unspecified atom stereocenters. The molecule has 0 aromatic heterocycles. The molecule has 2 aromatic rings. The van der Waals surface area contributed by atoms with Crippen LogP contribution in [-0.4, -0.2) is 5.54 Å². The second kappa shape index (κ2) is 9.77. The van der Waals surface area contributed by atoms with E-state index in [9.17, 15) is 4.39 Å². The normalized spacial score (nSPS) is 11.8. The predicted octanol–water partition coefficient (Wildman–Crippen LogP) is 6.78. The molecule has 150 valence electrons. The lowest BCUT2D eigenvalue weighted by molar-refractivity contribution is 0.238. The summed E-state index contributed by atoms with van der Waals surface area (Å²) < 4.78 is 19.7. The Morgan fingerprint density at radius 3 is 2.30 bits per heavy atom. The van der Waals surface area contributed by atoms with Crippen molar-refractivity contribution < 1.29 is 9.13 Å². The third-order valence-corrected chi connectivity index (χ3v) is 4.33. The van der Waals surface area contributed by atoms with Crippen LogP contribution >= 0.6 is 24.0 Å². The minimum atomic E-state index is -0.257. The van der Waals surface area contributed by atoms with E-state index in [4.69, 9.17) is 16.3 Å². The minimum absolute atomic E-state index is 0. The van der Waals surface area contributed by atoms with E-state index in [1.54, 1.807) is 24.3 Å². The highest BCUT2D eigenvalue weighted by molar-refractivity contribution is 6.30. The van der Waals surface area contributed by atoms with Crippen LogP contribution in [0.4, 0.5) is 4.39 Å². The Labute approximate surface area is 173 Å². The molecule has 2 aromatic carbocycles. The zero-order chi connectivity index (χ0) is 19.4. The Morgan fingerprint density at radius 2 is 1.67 bits per heavy atom. The Hall–Kier alpha value is -1.29. The average molecular weight is 414 g/mol. The van der Waals surface area contributed by atoms with Crippen molar-refractivity contribution in [1.29, 1.82) is 0 Å². The summed E-state index contributed by atoms with van der Waals surface area (Å²) in [6.07, 6.45) is 1.03. The van der Waals surface area contributed by atoms with Crippen molar-refractivity contribution >= 4 is 24.0 Å². The summed E-state index contributed by atoms with van der Waals surface area (Å²) in [6, 6.07) is 12.2. The van der Waals surface area contributed by atoms with Crippen molar-refractivity contribution in [3.8, 4) is 5.75 Å². The zero-order valence-corrected chi connectivity index (χ0v) is 18.3. The van der Waals surface area contributed by atoms with E-state index in [0.717, 1.165) is 17.7 Å². The van der Waals surface area contributed by atoms with Crippen molar-refractivity contribution in [2.24, 2.45) is 5.41 Å². The molecular formula is C22H30Cl2FNO. The molecule has 2 rings (SSSR count). The highest BCUT2D eigenvalue weighted by atomic mass is 35.5. The van der Waals surface area contributed by atoms with E-state index in [1.165, 1.54) is 6.07 Å². The number of hydrogen-bond acceptors (Lipinski definition) is 2. The van der Waals surface area contributed by atoms with Crippen LogP contribution in [0.25, 0.3) is 0 Å². The van der Waals surface area contributed by atoms with Gasteiger partial charge in [0.05, 0.1) is 0 Å². The van der Waals surface area contributed by atoms with Crippen molar-refractivity contribution in [2.45, 2.75) is 59.7 Å². The Kier molecular flexibility index (Phi) is 8.59. The lowest BCUT2D eigenvalue weighted by Crippen LogP contribution is -2.41. The fourth-order valence-electron chi connectivity index (χ4n) is 3.32. The molecular weight excluding hydrogens is 384 g/mol. The molecule has 0 aliphatic heterocycles. The molecule has 0 aliphatic rings. The molecule has 0 fully saturated rings. The molecule has 0 saturated carbocycles. The van der Waals surface area contributed by atoms with E-state index < -0.39 is 0 Å². The molecule has 1 N–H and O–H groups in total. The van der Waals surface area contributed by atoms with Gasteiger partial charge < -0.3 is 10.1 Å². The second-order valence-corrected chi connectivity index (χ2v) is 9.04. The van der Waals surface area contributed by atoms with Gasteiger partial charge in [0.15, 0.2) is 0 Å². The summed E-state index contributed by atoms with van der Waals surface area (Å²) in [5.74, 6) is 0.462. The van der Waals surface area contributed by atoms with Crippen LogP contribution in [0.3, 0.4) is 0 Å². The lowest BCUT2D eigenvalue weighted by atomic mass is 9.82. The van der Waals surface area contributed by atoms with Gasteiger partial charge in [-0.25, -0.2) is 4.39 Å². The number of ether oxygens (including phenoxy) is 1. The van der Waals surface area contributed by atoms with Crippen LogP contribution < -0.4 is 10.1 Å². The fourth-order valence-corrected chi connectivity index (χ4v) is 3.52. The van der Waals surface area contributed by atoms with Gasteiger partial charge in [-0.15, -0.1) is 12.4 Å². The number of nitrogens with one attached hydrogen (secondary N) is 1. The fraction of sp³-hybridized carbons (Fsp3) is 0.455. The van der Waals surface area contributed by atoms with Gasteiger partial charge in [0.2, 0.25) is 0 Å². The van der Waals surface area contributed by atoms with Gasteiger partial charge in [-0.3, -0.25) is 0 Å². The van der Waals surface area contributed by atoms with Gasteiger partial charge in [-0.1, -0.05) is 50.6 Å². The SMILES string of the molecule is CC(C)(C)CC(C)(C)NCc1cc(Cl)ccc1OCc1ccccc1F.Cl. The Bertz CT molecular complexity index is 741. The molecule has 0 spiro atoms. The van der Waals surface area contributed by atoms with Gasteiger partial charge in [0.25, 0.3) is 0 Å². The summed E-state index contributed by atoms with van der Waals surface area (Å²) >= 11 is 6.17. The third-order valence-electron chi connectivity index (χ3n) is 4.09. The van der Waals surface area contributed by atoms with Gasteiger partial charge >= 0.3 is 0 Å². The average Bonchev–Trinajstić information content (AvgIpc) is 2.51. The second-order valence-electron chi connectivity index (χ2n) is 8.61. The van der Waals surface area contributed by atoms with Crippen molar-refractivity contribution in [3.05, 3.63) is 64.4 Å². The summed E-state index contributed by atoms with van der Waals surface area (Å²) in [4.78, 5) is 0. The quantitative estimate of drug-likeness (QED) is 0.539. The minimum Gasteiger partial charge on any atom is -0.488 e. The molecule has 0 radical (unpaired) electrons. The van der Waals surface area contributed by atoms with E-state index in [1.807, 2.05) is 12.1 Å². The maximum Gasteiger partial charge on any atom is 0.129 e. The molecule has 2 nitrogen and oxygen atoms in total. The standard InChI is InChI=1S/C22H29ClFNO.ClH/c1-21(2,3)15-22(4,5)25-13-17-12-18(23)10-11-20(17)26-14-16-8-6-7-9-19(16)24;/h6-12,25H,13-15H2,1-5H3;1H. The van der Waals surface area contributed by atoms with Gasteiger partial charge in [0.1, 0.15) is 18.2 Å². The highest BCUT2D eigenvalue weighted by Crippen LogP contribution is 2.29. The summed E-state index contributed by atoms with van der Waals surface area (Å²) in [7, 11) is 0. The van der Waals surface area contributed by atoms with Crippen LogP contribution in [-0.2, 0) is 13.2 Å². The van der Waals surface area contributed by atoms with Crippen LogP contribution in [0.5, 0.6) is 5.75 Å². The first-order chi connectivity index (χ1) is 12.1. The summed E-state index contributed by atoms with van der Waals surface area (Å²) in [5.41, 5.74) is 1.71. The smallest absolute Gasteiger partial charge is 0.129 e. The van der Waals surface area contributed by atoms with E-state index in [2.05, 4.69) is 39.9 Å². The van der Waals surface area contributed by atoms with Gasteiger partial charge in [0, 0.05) is 28.2 Å². The monoisotopic (exact) mass is 413 g/mol. The molecule has 0 saturated heterocycles. The highest BCUT2D eigenvalue weighted by Gasteiger charge is 2.25. The molecule has 27 heavy (non-hydrogen) atoms. The first-order valence-electron chi connectivity index (χ1n) is 8.95. The van der Waals surface area contributed by atoms with E-state index >= 15 is 0 Å². The van der Waals surface area contributed by atoms with Crippen LogP contribution in [0, 0.1) is 11.2 Å². The topological polar surface area (TPSA) is 21.3 Å². The maximum atomic E-state index is 13.8. The first-order valence-corrected chi connectivity index (χ1v) is 9.33. The van der Waals surface area contributed by atoms with Crippen molar-refractivity contribution in [1.82, 2.24) is 5.32 Å². The number of halogens is 3. The molecule has 5 heteroatoms. The maximum absolute atomic E-state index is 13.8. The molecule has 0 amide bonds. The molecule has 0 bridgehead atoms. The first kappa shape index (κ1) is 23.7. The third kappa shape index (κ3) is 8.08. The molecule has 0 heterocycles.